The molecule has 3 atom stereocenters. The Morgan fingerprint density at radius 3 is 1.00 bits per heavy atom. The zero-order chi connectivity index (χ0) is 42.0. The largest absolute Gasteiger partial charge is 0.507 e. The Labute approximate surface area is 329 Å². The van der Waals surface area contributed by atoms with Crippen LogP contribution in [0.4, 0.5) is 0 Å². The molecule has 0 aliphatic carbocycles. The topological polar surface area (TPSA) is 206 Å². The lowest BCUT2D eigenvalue weighted by Crippen LogP contribution is -2.21. The number of aromatic nitrogens is 3. The molecule has 15 nitrogen and oxygen atoms in total. The average molecular weight is 784 g/mol. The molecule has 3 unspecified atom stereocenters. The molecule has 3 aromatic carbocycles. The second-order valence-electron chi connectivity index (χ2n) is 12.8. The van der Waals surface area contributed by atoms with Gasteiger partial charge in [0.2, 0.25) is 0 Å². The van der Waals surface area contributed by atoms with Gasteiger partial charge in [-0.25, -0.2) is 29.3 Å². The highest BCUT2D eigenvalue weighted by Crippen LogP contribution is 2.42. The molecule has 0 spiro atoms. The number of rotatable bonds is 18. The van der Waals surface area contributed by atoms with Crippen LogP contribution in [0.1, 0.15) is 37.5 Å². The summed E-state index contributed by atoms with van der Waals surface area (Å²) in [7, 11) is 0. The fraction of sp³-hybridized carbons (Fsp3) is 0.286. The van der Waals surface area contributed by atoms with Crippen molar-refractivity contribution in [1.82, 2.24) is 15.0 Å². The molecule has 0 saturated heterocycles. The first-order valence-corrected chi connectivity index (χ1v) is 17.7. The van der Waals surface area contributed by atoms with Gasteiger partial charge in [-0.2, -0.15) is 0 Å². The van der Waals surface area contributed by atoms with E-state index < -0.39 is 36.2 Å². The number of aromatic hydroxyl groups is 3. The quantitative estimate of drug-likeness (QED) is 0.0567. The Balaban J connectivity index is 1.79. The predicted octanol–water partition coefficient (Wildman–Crippen LogP) is 6.40. The van der Waals surface area contributed by atoms with Gasteiger partial charge in [0.15, 0.2) is 17.5 Å². The van der Waals surface area contributed by atoms with Crippen LogP contribution in [-0.4, -0.2) is 86.3 Å². The number of nitrogens with zero attached hydrogens (tertiary/aromatic N) is 3. The molecule has 57 heavy (non-hydrogen) atoms. The third-order valence-electron chi connectivity index (χ3n) is 8.37. The maximum absolute atomic E-state index is 11.5. The second-order valence-corrected chi connectivity index (χ2v) is 12.8. The van der Waals surface area contributed by atoms with Crippen LogP contribution < -0.4 is 14.2 Å². The van der Waals surface area contributed by atoms with Gasteiger partial charge >= 0.3 is 17.9 Å². The summed E-state index contributed by atoms with van der Waals surface area (Å²) in [6.45, 7) is 19.9. The number of phenols is 3. The monoisotopic (exact) mass is 783 g/mol. The second kappa shape index (κ2) is 19.1. The van der Waals surface area contributed by atoms with E-state index in [1.165, 1.54) is 18.2 Å². The van der Waals surface area contributed by atoms with Crippen LogP contribution in [0.25, 0.3) is 34.2 Å². The van der Waals surface area contributed by atoms with Crippen molar-refractivity contribution in [2.24, 2.45) is 0 Å². The van der Waals surface area contributed by atoms with Gasteiger partial charge in [-0.3, -0.25) is 0 Å². The molecule has 0 saturated carbocycles. The van der Waals surface area contributed by atoms with Crippen LogP contribution >= 0.6 is 0 Å². The number of esters is 3. The maximum Gasteiger partial charge on any atom is 0.330 e. The minimum Gasteiger partial charge on any atom is -0.507 e. The van der Waals surface area contributed by atoms with E-state index in [9.17, 15) is 29.7 Å². The number of phenolic OH excluding ortho intramolecular Hbond substituents is 3. The molecule has 0 amide bonds. The summed E-state index contributed by atoms with van der Waals surface area (Å²) >= 11 is 0. The average Bonchev–Trinajstić information content (AvgIpc) is 3.20. The number of benzene rings is 3. The van der Waals surface area contributed by atoms with Crippen molar-refractivity contribution in [2.75, 3.05) is 19.8 Å². The molecule has 0 aliphatic rings. The Kier molecular flexibility index (Phi) is 14.4. The minimum atomic E-state index is -0.601. The molecule has 300 valence electrons. The molecule has 4 rings (SSSR count). The van der Waals surface area contributed by atoms with E-state index in [-0.39, 0.29) is 71.2 Å². The lowest BCUT2D eigenvalue weighted by Gasteiger charge is -2.19. The highest BCUT2D eigenvalue weighted by molar-refractivity contribution is 5.82. The zero-order valence-corrected chi connectivity index (χ0v) is 32.5. The summed E-state index contributed by atoms with van der Waals surface area (Å²) in [5.41, 5.74) is 1.52. The van der Waals surface area contributed by atoms with Crippen LogP contribution in [0, 0.1) is 20.8 Å². The van der Waals surface area contributed by atoms with Crippen molar-refractivity contribution in [3.63, 3.8) is 0 Å². The minimum absolute atomic E-state index is 0.0137. The Hall–Kier alpha value is -6.90. The normalized spacial score (nSPS) is 12.3. The first-order valence-electron chi connectivity index (χ1n) is 17.7. The Morgan fingerprint density at radius 1 is 0.526 bits per heavy atom. The van der Waals surface area contributed by atoms with Crippen molar-refractivity contribution >= 4 is 17.9 Å². The summed E-state index contributed by atoms with van der Waals surface area (Å²) in [6, 6.07) is 9.41. The van der Waals surface area contributed by atoms with Crippen LogP contribution in [-0.2, 0) is 28.6 Å². The van der Waals surface area contributed by atoms with E-state index in [0.29, 0.717) is 33.9 Å². The molecule has 4 aromatic rings. The number of hydrogen-bond donors (Lipinski definition) is 3. The fourth-order valence-electron chi connectivity index (χ4n) is 5.23. The summed E-state index contributed by atoms with van der Waals surface area (Å²) in [5, 5.41) is 34.4. The van der Waals surface area contributed by atoms with E-state index in [2.05, 4.69) is 34.7 Å². The van der Waals surface area contributed by atoms with Gasteiger partial charge in [0.1, 0.15) is 72.6 Å². The lowest BCUT2D eigenvalue weighted by molar-refractivity contribution is -0.140. The first-order chi connectivity index (χ1) is 27.1. The van der Waals surface area contributed by atoms with Gasteiger partial charge in [0.25, 0.3) is 0 Å². The van der Waals surface area contributed by atoms with Gasteiger partial charge < -0.3 is 43.7 Å². The molecule has 15 heteroatoms. The lowest BCUT2D eigenvalue weighted by atomic mass is 10.0. The molecule has 0 aliphatic heterocycles. The summed E-state index contributed by atoms with van der Waals surface area (Å²) in [4.78, 5) is 48.5. The zero-order valence-electron chi connectivity index (χ0n) is 32.5. The van der Waals surface area contributed by atoms with E-state index in [1.54, 1.807) is 59.7 Å². The molecule has 3 N–H and O–H groups in total. The third-order valence-corrected chi connectivity index (χ3v) is 8.37. The molecule has 1 heterocycles. The molecular weight excluding hydrogens is 738 g/mol. The van der Waals surface area contributed by atoms with Crippen LogP contribution in [0.2, 0.25) is 0 Å². The van der Waals surface area contributed by atoms with Crippen molar-refractivity contribution in [3.8, 4) is 68.7 Å². The standard InChI is InChI=1S/C42H45N3O12/c1-10-34(46)52-19-22(4)55-31-16-13-28(37(49)25(31)7)40-43-41(29-14-17-32(26(8)38(29)50)56-23(5)20-53-35(47)11-2)45-42(44-40)30-15-18-33(27(9)39(30)51)57-24(6)21-54-36(48)12-3/h10-18,22-24,49-51H,1-3,19-21H2,4-9H3. The highest BCUT2D eigenvalue weighted by Gasteiger charge is 2.24. The Bertz CT molecular complexity index is 1930. The van der Waals surface area contributed by atoms with Gasteiger partial charge in [-0.05, 0) is 77.9 Å². The fourth-order valence-corrected chi connectivity index (χ4v) is 5.23. The van der Waals surface area contributed by atoms with Gasteiger partial charge in [-0.15, -0.1) is 0 Å². The van der Waals surface area contributed by atoms with Crippen molar-refractivity contribution in [1.29, 1.82) is 0 Å². The van der Waals surface area contributed by atoms with Gasteiger partial charge in [0, 0.05) is 34.9 Å². The van der Waals surface area contributed by atoms with Crippen molar-refractivity contribution in [2.45, 2.75) is 59.9 Å². The molecular formula is C42H45N3O12. The van der Waals surface area contributed by atoms with Crippen molar-refractivity contribution < 1.29 is 58.1 Å². The SMILES string of the molecule is C=CC(=O)OCC(C)Oc1ccc(-c2nc(-c3ccc(OC(C)COC(=O)C=C)c(C)c3O)nc(-c3ccc(OC(C)COC(=O)C=C)c(C)c3O)n2)c(O)c1C. The molecule has 0 bridgehead atoms. The maximum atomic E-state index is 11.5. The van der Waals surface area contributed by atoms with Gasteiger partial charge in [-0.1, -0.05) is 19.7 Å². The molecule has 1 aromatic heterocycles. The smallest absolute Gasteiger partial charge is 0.330 e. The van der Waals surface area contributed by atoms with E-state index in [0.717, 1.165) is 18.2 Å². The summed E-state index contributed by atoms with van der Waals surface area (Å²) < 4.78 is 33.0. The molecule has 0 fully saturated rings. The van der Waals surface area contributed by atoms with Crippen LogP contribution in [0.15, 0.2) is 74.4 Å². The molecule has 0 radical (unpaired) electrons. The summed E-state index contributed by atoms with van der Waals surface area (Å²) in [5.74, 6) is -1.60. The number of carbonyl (C=O) groups excluding carboxylic acids is 3. The number of ether oxygens (including phenoxy) is 6. The van der Waals surface area contributed by atoms with Gasteiger partial charge in [0.05, 0.1) is 16.7 Å². The Morgan fingerprint density at radius 2 is 0.772 bits per heavy atom. The predicted molar refractivity (Wildman–Crippen MR) is 209 cm³/mol. The third kappa shape index (κ3) is 10.7. The number of carbonyl (C=O) groups is 3. The number of hydrogen-bond acceptors (Lipinski definition) is 15. The first kappa shape index (κ1) is 42.8. The van der Waals surface area contributed by atoms with E-state index >= 15 is 0 Å². The van der Waals surface area contributed by atoms with Crippen molar-refractivity contribution in [3.05, 3.63) is 91.1 Å². The van der Waals surface area contributed by atoms with E-state index in [1.807, 2.05) is 0 Å². The van der Waals surface area contributed by atoms with E-state index in [4.69, 9.17) is 28.4 Å². The summed E-state index contributed by atoms with van der Waals surface area (Å²) in [6.07, 6.45) is 1.42. The van der Waals surface area contributed by atoms with Crippen LogP contribution in [0.5, 0.6) is 34.5 Å². The highest BCUT2D eigenvalue weighted by atomic mass is 16.6. The van der Waals surface area contributed by atoms with Crippen LogP contribution in [0.3, 0.4) is 0 Å².